The first kappa shape index (κ1) is 20.6. The summed E-state index contributed by atoms with van der Waals surface area (Å²) in [6.45, 7) is 2.14. The third-order valence-corrected chi connectivity index (χ3v) is 6.36. The first-order valence-corrected chi connectivity index (χ1v) is 10.7. The van der Waals surface area contributed by atoms with E-state index in [0.717, 1.165) is 24.8 Å². The smallest absolute Gasteiger partial charge is 0.258 e. The van der Waals surface area contributed by atoms with Gasteiger partial charge in [0.1, 0.15) is 0 Å². The molecule has 30 heavy (non-hydrogen) atoms. The van der Waals surface area contributed by atoms with E-state index in [1.54, 1.807) is 47.2 Å². The number of carbonyl (C=O) groups is 1. The van der Waals surface area contributed by atoms with Crippen LogP contribution in [0.3, 0.4) is 0 Å². The van der Waals surface area contributed by atoms with Crippen molar-refractivity contribution in [2.45, 2.75) is 51.2 Å². The van der Waals surface area contributed by atoms with Crippen LogP contribution >= 0.6 is 11.6 Å². The van der Waals surface area contributed by atoms with E-state index in [2.05, 4.69) is 5.32 Å². The summed E-state index contributed by atoms with van der Waals surface area (Å²) in [6, 6.07) is 12.2. The van der Waals surface area contributed by atoms with Gasteiger partial charge in [-0.1, -0.05) is 36.9 Å². The molecule has 1 fully saturated rings. The van der Waals surface area contributed by atoms with Crippen LogP contribution in [0.5, 0.6) is 0 Å². The Hall–Kier alpha value is -2.63. The zero-order valence-corrected chi connectivity index (χ0v) is 17.7. The van der Waals surface area contributed by atoms with E-state index in [1.807, 2.05) is 13.0 Å². The number of benzene rings is 2. The lowest BCUT2D eigenvalue weighted by atomic mass is 9.85. The standard InChI is InChI=1S/C24H25ClN2O3/c1-16-14-17(8-9-20(16)25)22(28)26-21-7-5-6-19-18(21)10-13-27(23(19)29)15-24(30)11-3-2-4-12-24/h5-10,13-14,30H,2-4,11-12,15H2,1H3,(H,26,28). The van der Waals surface area contributed by atoms with Crippen molar-refractivity contribution in [2.24, 2.45) is 0 Å². The molecule has 0 radical (unpaired) electrons. The van der Waals surface area contributed by atoms with Crippen molar-refractivity contribution >= 4 is 34.0 Å². The molecule has 2 aromatic carbocycles. The van der Waals surface area contributed by atoms with Gasteiger partial charge in [-0.15, -0.1) is 0 Å². The van der Waals surface area contributed by atoms with Crippen molar-refractivity contribution in [1.29, 1.82) is 0 Å². The molecule has 156 valence electrons. The van der Waals surface area contributed by atoms with Gasteiger partial charge in [0.15, 0.2) is 0 Å². The van der Waals surface area contributed by atoms with Crippen molar-refractivity contribution in [1.82, 2.24) is 4.57 Å². The molecule has 0 bridgehead atoms. The number of amides is 1. The van der Waals surface area contributed by atoms with Crippen LogP contribution < -0.4 is 10.9 Å². The zero-order chi connectivity index (χ0) is 21.3. The lowest BCUT2D eigenvalue weighted by molar-refractivity contribution is -0.0121. The number of nitrogens with zero attached hydrogens (tertiary/aromatic N) is 1. The monoisotopic (exact) mass is 424 g/mol. The van der Waals surface area contributed by atoms with E-state index < -0.39 is 5.60 Å². The van der Waals surface area contributed by atoms with Crippen LogP contribution in [0, 0.1) is 6.92 Å². The number of rotatable bonds is 4. The van der Waals surface area contributed by atoms with Crippen molar-refractivity contribution < 1.29 is 9.90 Å². The molecule has 5 nitrogen and oxygen atoms in total. The first-order valence-electron chi connectivity index (χ1n) is 10.3. The van der Waals surface area contributed by atoms with Crippen LogP contribution in [0.1, 0.15) is 48.0 Å². The maximum Gasteiger partial charge on any atom is 0.258 e. The number of nitrogens with one attached hydrogen (secondary N) is 1. The second-order valence-corrected chi connectivity index (χ2v) is 8.63. The maximum absolute atomic E-state index is 13.1. The summed E-state index contributed by atoms with van der Waals surface area (Å²) in [5.74, 6) is -0.261. The molecule has 6 heteroatoms. The van der Waals surface area contributed by atoms with Crippen molar-refractivity contribution in [2.75, 3.05) is 5.32 Å². The molecule has 2 N–H and O–H groups in total. The highest BCUT2D eigenvalue weighted by molar-refractivity contribution is 6.31. The molecular formula is C24H25ClN2O3. The Bertz CT molecular complexity index is 1160. The molecule has 3 aromatic rings. The highest BCUT2D eigenvalue weighted by Gasteiger charge is 2.30. The number of anilines is 1. The van der Waals surface area contributed by atoms with E-state index in [-0.39, 0.29) is 11.5 Å². The molecule has 1 heterocycles. The van der Waals surface area contributed by atoms with E-state index in [9.17, 15) is 14.7 Å². The van der Waals surface area contributed by atoms with Crippen molar-refractivity contribution in [3.05, 3.63) is 75.2 Å². The Labute approximate surface area is 180 Å². The predicted molar refractivity (Wildman–Crippen MR) is 120 cm³/mol. The molecular weight excluding hydrogens is 400 g/mol. The molecule has 0 saturated heterocycles. The third-order valence-electron chi connectivity index (χ3n) is 5.94. The maximum atomic E-state index is 13.1. The minimum Gasteiger partial charge on any atom is -0.388 e. The van der Waals surface area contributed by atoms with Crippen LogP contribution in [0.2, 0.25) is 5.02 Å². The number of aromatic nitrogens is 1. The fraction of sp³-hybridized carbons (Fsp3) is 0.333. The molecule has 1 aliphatic rings. The molecule has 1 saturated carbocycles. The summed E-state index contributed by atoms with van der Waals surface area (Å²) >= 11 is 6.05. The molecule has 1 amide bonds. The van der Waals surface area contributed by atoms with Crippen molar-refractivity contribution in [3.8, 4) is 0 Å². The normalized spacial score (nSPS) is 15.8. The van der Waals surface area contributed by atoms with Gasteiger partial charge in [0.05, 0.1) is 12.1 Å². The van der Waals surface area contributed by atoms with Crippen LogP contribution in [0.4, 0.5) is 5.69 Å². The fourth-order valence-electron chi connectivity index (χ4n) is 4.22. The van der Waals surface area contributed by atoms with Crippen LogP contribution in [-0.4, -0.2) is 21.2 Å². The number of pyridine rings is 1. The van der Waals surface area contributed by atoms with E-state index >= 15 is 0 Å². The average Bonchev–Trinajstić information content (AvgIpc) is 2.73. The number of aliphatic hydroxyl groups is 1. The molecule has 0 aliphatic heterocycles. The van der Waals surface area contributed by atoms with E-state index in [4.69, 9.17) is 11.6 Å². The Kier molecular flexibility index (Phi) is 5.67. The highest BCUT2D eigenvalue weighted by Crippen LogP contribution is 2.30. The SMILES string of the molecule is Cc1cc(C(=O)Nc2cccc3c(=O)n(CC4(O)CCCCC4)ccc23)ccc1Cl. The molecule has 1 aromatic heterocycles. The van der Waals surface area contributed by atoms with Crippen LogP contribution in [0.15, 0.2) is 53.5 Å². The molecule has 0 spiro atoms. The second kappa shape index (κ2) is 8.25. The minimum atomic E-state index is -0.825. The number of halogens is 1. The highest BCUT2D eigenvalue weighted by atomic mass is 35.5. The number of hydrogen-bond donors (Lipinski definition) is 2. The number of carbonyl (C=O) groups excluding carboxylic acids is 1. The summed E-state index contributed by atoms with van der Waals surface area (Å²) in [6.07, 6.45) is 6.24. The van der Waals surface area contributed by atoms with Crippen molar-refractivity contribution in [3.63, 3.8) is 0 Å². The average molecular weight is 425 g/mol. The molecule has 1 aliphatic carbocycles. The third kappa shape index (κ3) is 4.13. The van der Waals surface area contributed by atoms with Gasteiger partial charge in [-0.2, -0.15) is 0 Å². The van der Waals surface area contributed by atoms with Gasteiger partial charge in [-0.25, -0.2) is 0 Å². The van der Waals surface area contributed by atoms with Gasteiger partial charge in [0, 0.05) is 33.2 Å². The second-order valence-electron chi connectivity index (χ2n) is 8.22. The number of fused-ring (bicyclic) bond motifs is 1. The predicted octanol–water partition coefficient (Wildman–Crippen LogP) is 4.91. The summed E-state index contributed by atoms with van der Waals surface area (Å²) in [5, 5.41) is 15.5. The Morgan fingerprint density at radius 2 is 1.90 bits per heavy atom. The summed E-state index contributed by atoms with van der Waals surface area (Å²) in [4.78, 5) is 25.8. The lowest BCUT2D eigenvalue weighted by Gasteiger charge is -2.32. The summed E-state index contributed by atoms with van der Waals surface area (Å²) in [7, 11) is 0. The van der Waals surface area contributed by atoms with Gasteiger partial charge in [0.25, 0.3) is 11.5 Å². The Morgan fingerprint density at radius 1 is 1.13 bits per heavy atom. The van der Waals surface area contributed by atoms with Crippen LogP contribution in [0.25, 0.3) is 10.8 Å². The molecule has 0 unspecified atom stereocenters. The quantitative estimate of drug-likeness (QED) is 0.625. The van der Waals surface area contributed by atoms with Gasteiger partial charge in [0.2, 0.25) is 0 Å². The molecule has 0 atom stereocenters. The minimum absolute atomic E-state index is 0.162. The van der Waals surface area contributed by atoms with Crippen LogP contribution in [-0.2, 0) is 6.54 Å². The topological polar surface area (TPSA) is 71.3 Å². The van der Waals surface area contributed by atoms with Gasteiger partial charge in [-0.3, -0.25) is 9.59 Å². The van der Waals surface area contributed by atoms with Gasteiger partial charge >= 0.3 is 0 Å². The van der Waals surface area contributed by atoms with E-state index in [1.165, 1.54) is 0 Å². The first-order chi connectivity index (χ1) is 14.4. The summed E-state index contributed by atoms with van der Waals surface area (Å²) < 4.78 is 1.59. The van der Waals surface area contributed by atoms with E-state index in [0.29, 0.717) is 46.4 Å². The summed E-state index contributed by atoms with van der Waals surface area (Å²) in [5.41, 5.74) is 0.914. The number of hydrogen-bond acceptors (Lipinski definition) is 3. The zero-order valence-electron chi connectivity index (χ0n) is 17.0. The fourth-order valence-corrected chi connectivity index (χ4v) is 4.33. The van der Waals surface area contributed by atoms with Gasteiger partial charge in [-0.05, 0) is 61.7 Å². The largest absolute Gasteiger partial charge is 0.388 e. The lowest BCUT2D eigenvalue weighted by Crippen LogP contribution is -2.39. The number of aryl methyl sites for hydroxylation is 1. The Morgan fingerprint density at radius 3 is 2.63 bits per heavy atom. The Balaban J connectivity index is 1.64. The van der Waals surface area contributed by atoms with Gasteiger partial charge < -0.3 is 15.0 Å². The molecule has 4 rings (SSSR count).